The van der Waals surface area contributed by atoms with Crippen LogP contribution in [0.15, 0.2) is 48.5 Å². The summed E-state index contributed by atoms with van der Waals surface area (Å²) < 4.78 is 38.0. The molecule has 0 aromatic heterocycles. The zero-order valence-corrected chi connectivity index (χ0v) is 16.6. The van der Waals surface area contributed by atoms with E-state index in [0.29, 0.717) is 30.9 Å². The van der Waals surface area contributed by atoms with Gasteiger partial charge in [0.1, 0.15) is 0 Å². The van der Waals surface area contributed by atoms with Crippen molar-refractivity contribution in [3.8, 4) is 6.07 Å². The molecule has 5 nitrogen and oxygen atoms in total. The number of hydrogen-bond acceptors (Lipinski definition) is 4. The lowest BCUT2D eigenvalue weighted by Gasteiger charge is -2.37. The Morgan fingerprint density at radius 3 is 2.40 bits per heavy atom. The van der Waals surface area contributed by atoms with Crippen LogP contribution in [-0.2, 0) is 17.5 Å². The number of nitrogens with zero attached hydrogens (tertiary/aromatic N) is 3. The van der Waals surface area contributed by atoms with Gasteiger partial charge in [0, 0.05) is 38.4 Å². The van der Waals surface area contributed by atoms with E-state index in [2.05, 4.69) is 15.1 Å². The van der Waals surface area contributed by atoms with Crippen LogP contribution in [0, 0.1) is 11.3 Å². The maximum atomic E-state index is 12.7. The van der Waals surface area contributed by atoms with Crippen molar-refractivity contribution in [2.75, 3.05) is 31.5 Å². The summed E-state index contributed by atoms with van der Waals surface area (Å²) in [6.07, 6.45) is -4.32. The zero-order chi connectivity index (χ0) is 21.7. The molecule has 0 bridgehead atoms. The van der Waals surface area contributed by atoms with Crippen LogP contribution < -0.4 is 5.32 Å². The van der Waals surface area contributed by atoms with Gasteiger partial charge in [-0.05, 0) is 42.8 Å². The monoisotopic (exact) mass is 416 g/mol. The van der Waals surface area contributed by atoms with Crippen LogP contribution in [0.5, 0.6) is 0 Å². The van der Waals surface area contributed by atoms with Gasteiger partial charge >= 0.3 is 6.18 Å². The van der Waals surface area contributed by atoms with E-state index in [1.54, 1.807) is 24.3 Å². The molecule has 1 amide bonds. The maximum absolute atomic E-state index is 12.7. The molecule has 2 aromatic carbocycles. The lowest BCUT2D eigenvalue weighted by Crippen LogP contribution is -2.52. The number of nitriles is 1. The number of anilines is 1. The summed E-state index contributed by atoms with van der Waals surface area (Å²) in [6, 6.07) is 13.7. The second-order valence-electron chi connectivity index (χ2n) is 7.36. The third kappa shape index (κ3) is 5.59. The van der Waals surface area contributed by atoms with Gasteiger partial charge in [0.2, 0.25) is 5.91 Å². The van der Waals surface area contributed by atoms with E-state index in [-0.39, 0.29) is 11.9 Å². The number of halogens is 3. The molecule has 30 heavy (non-hydrogen) atoms. The Kier molecular flexibility index (Phi) is 6.75. The van der Waals surface area contributed by atoms with Gasteiger partial charge in [-0.1, -0.05) is 18.2 Å². The summed E-state index contributed by atoms with van der Waals surface area (Å²) in [6.45, 7) is 5.24. The standard InChI is InChI=1S/C22H23F3N4O/c1-16(21(30)27-20-4-2-3-18(13-20)14-26)29-11-9-28(10-12-29)15-17-5-7-19(8-6-17)22(23,24)25/h2-8,13,16H,9-12,15H2,1H3,(H,27,30). The zero-order valence-electron chi connectivity index (χ0n) is 16.6. The van der Waals surface area contributed by atoms with Crippen molar-refractivity contribution in [2.45, 2.75) is 25.7 Å². The molecule has 0 aliphatic carbocycles. The molecule has 1 aliphatic heterocycles. The number of rotatable bonds is 5. The average molecular weight is 416 g/mol. The summed E-state index contributed by atoms with van der Waals surface area (Å²) >= 11 is 0. The van der Waals surface area contributed by atoms with Crippen molar-refractivity contribution >= 4 is 11.6 Å². The number of piperazine rings is 1. The van der Waals surface area contributed by atoms with Crippen molar-refractivity contribution in [1.29, 1.82) is 5.26 Å². The molecule has 1 saturated heterocycles. The lowest BCUT2D eigenvalue weighted by molar-refractivity contribution is -0.137. The van der Waals surface area contributed by atoms with E-state index in [4.69, 9.17) is 5.26 Å². The summed E-state index contributed by atoms with van der Waals surface area (Å²) in [5.74, 6) is -0.138. The van der Waals surface area contributed by atoms with Crippen LogP contribution >= 0.6 is 0 Å². The van der Waals surface area contributed by atoms with E-state index < -0.39 is 11.7 Å². The largest absolute Gasteiger partial charge is 0.416 e. The van der Waals surface area contributed by atoms with Gasteiger partial charge in [0.15, 0.2) is 0 Å². The number of amides is 1. The second-order valence-corrected chi connectivity index (χ2v) is 7.36. The Labute approximate surface area is 173 Å². The highest BCUT2D eigenvalue weighted by atomic mass is 19.4. The lowest BCUT2D eigenvalue weighted by atomic mass is 10.1. The quantitative estimate of drug-likeness (QED) is 0.807. The minimum Gasteiger partial charge on any atom is -0.325 e. The highest BCUT2D eigenvalue weighted by Gasteiger charge is 2.30. The van der Waals surface area contributed by atoms with E-state index in [0.717, 1.165) is 30.8 Å². The first-order chi connectivity index (χ1) is 14.3. The molecule has 158 valence electrons. The molecule has 0 saturated carbocycles. The van der Waals surface area contributed by atoms with Crippen molar-refractivity contribution in [1.82, 2.24) is 9.80 Å². The van der Waals surface area contributed by atoms with Crippen LogP contribution in [0.4, 0.5) is 18.9 Å². The summed E-state index contributed by atoms with van der Waals surface area (Å²) in [4.78, 5) is 16.8. The molecule has 2 aromatic rings. The Hall–Kier alpha value is -2.89. The first-order valence-electron chi connectivity index (χ1n) is 9.70. The first-order valence-corrected chi connectivity index (χ1v) is 9.70. The minimum atomic E-state index is -4.32. The van der Waals surface area contributed by atoms with Gasteiger partial charge < -0.3 is 5.32 Å². The number of alkyl halides is 3. The van der Waals surface area contributed by atoms with Crippen LogP contribution in [0.25, 0.3) is 0 Å². The number of benzene rings is 2. The van der Waals surface area contributed by atoms with E-state index in [1.165, 1.54) is 12.1 Å². The van der Waals surface area contributed by atoms with Crippen LogP contribution in [0.2, 0.25) is 0 Å². The first kappa shape index (κ1) is 21.8. The van der Waals surface area contributed by atoms with Crippen LogP contribution in [0.1, 0.15) is 23.6 Å². The molecule has 8 heteroatoms. The molecule has 3 rings (SSSR count). The van der Waals surface area contributed by atoms with E-state index in [9.17, 15) is 18.0 Å². The molecule has 1 heterocycles. The smallest absolute Gasteiger partial charge is 0.325 e. The fraction of sp³-hybridized carbons (Fsp3) is 0.364. The second kappa shape index (κ2) is 9.28. The minimum absolute atomic E-state index is 0.138. The number of carbonyl (C=O) groups is 1. The number of hydrogen-bond donors (Lipinski definition) is 1. The Morgan fingerprint density at radius 1 is 1.13 bits per heavy atom. The number of carbonyl (C=O) groups excluding carboxylic acids is 1. The molecule has 1 fully saturated rings. The highest BCUT2D eigenvalue weighted by molar-refractivity contribution is 5.94. The SMILES string of the molecule is CC(C(=O)Nc1cccc(C#N)c1)N1CCN(Cc2ccc(C(F)(F)F)cc2)CC1. The third-order valence-corrected chi connectivity index (χ3v) is 5.28. The van der Waals surface area contributed by atoms with Gasteiger partial charge in [0.05, 0.1) is 23.2 Å². The molecular formula is C22H23F3N4O. The van der Waals surface area contributed by atoms with Crippen molar-refractivity contribution in [2.24, 2.45) is 0 Å². The van der Waals surface area contributed by atoms with E-state index in [1.807, 2.05) is 13.0 Å². The predicted octanol–water partition coefficient (Wildman–Crippen LogP) is 3.72. The fourth-order valence-electron chi connectivity index (χ4n) is 3.45. The molecule has 0 radical (unpaired) electrons. The van der Waals surface area contributed by atoms with Gasteiger partial charge in [-0.15, -0.1) is 0 Å². The summed E-state index contributed by atoms with van der Waals surface area (Å²) in [7, 11) is 0. The highest BCUT2D eigenvalue weighted by Crippen LogP contribution is 2.29. The van der Waals surface area contributed by atoms with Gasteiger partial charge in [0.25, 0.3) is 0 Å². The molecule has 1 aliphatic rings. The predicted molar refractivity (Wildman–Crippen MR) is 108 cm³/mol. The van der Waals surface area contributed by atoms with Crippen LogP contribution in [-0.4, -0.2) is 47.9 Å². The van der Waals surface area contributed by atoms with E-state index >= 15 is 0 Å². The van der Waals surface area contributed by atoms with Crippen molar-refractivity contribution in [3.63, 3.8) is 0 Å². The Bertz CT molecular complexity index is 913. The van der Waals surface area contributed by atoms with Crippen molar-refractivity contribution < 1.29 is 18.0 Å². The summed E-state index contributed by atoms with van der Waals surface area (Å²) in [5.41, 5.74) is 1.26. The van der Waals surface area contributed by atoms with Crippen LogP contribution in [0.3, 0.4) is 0 Å². The maximum Gasteiger partial charge on any atom is 0.416 e. The molecule has 1 atom stereocenters. The third-order valence-electron chi connectivity index (χ3n) is 5.28. The molecular weight excluding hydrogens is 393 g/mol. The fourth-order valence-corrected chi connectivity index (χ4v) is 3.45. The average Bonchev–Trinajstić information content (AvgIpc) is 2.73. The van der Waals surface area contributed by atoms with Gasteiger partial charge in [-0.2, -0.15) is 18.4 Å². The normalized spacial score (nSPS) is 16.6. The van der Waals surface area contributed by atoms with Crippen molar-refractivity contribution in [3.05, 3.63) is 65.2 Å². The van der Waals surface area contributed by atoms with Gasteiger partial charge in [-0.3, -0.25) is 14.6 Å². The molecule has 1 unspecified atom stereocenters. The number of nitrogens with one attached hydrogen (secondary N) is 1. The van der Waals surface area contributed by atoms with Gasteiger partial charge in [-0.25, -0.2) is 0 Å². The molecule has 1 N–H and O–H groups in total. The Balaban J connectivity index is 1.49. The Morgan fingerprint density at radius 2 is 1.80 bits per heavy atom. The molecule has 0 spiro atoms. The summed E-state index contributed by atoms with van der Waals surface area (Å²) in [5, 5.41) is 11.8. The topological polar surface area (TPSA) is 59.4 Å².